The average Bonchev–Trinajstić information content (AvgIpc) is 2.59. The molecular formula is C20H18N2O3. The minimum absolute atomic E-state index is 0.320. The number of benzene rings is 2. The van der Waals surface area contributed by atoms with Crippen molar-refractivity contribution in [1.29, 1.82) is 0 Å². The van der Waals surface area contributed by atoms with Crippen LogP contribution in [-0.4, -0.2) is 16.9 Å². The summed E-state index contributed by atoms with van der Waals surface area (Å²) >= 11 is 0. The van der Waals surface area contributed by atoms with E-state index in [1.807, 2.05) is 31.2 Å². The van der Waals surface area contributed by atoms with Crippen LogP contribution < -0.4 is 5.73 Å². The number of fused-ring (bicyclic) bond motifs is 1. The number of rotatable bonds is 4. The molecule has 0 radical (unpaired) electrons. The van der Waals surface area contributed by atoms with E-state index in [4.69, 9.17) is 10.5 Å². The highest BCUT2D eigenvalue weighted by Crippen LogP contribution is 2.22. The van der Waals surface area contributed by atoms with E-state index in [-0.39, 0.29) is 0 Å². The van der Waals surface area contributed by atoms with Crippen molar-refractivity contribution in [2.45, 2.75) is 20.0 Å². The van der Waals surface area contributed by atoms with Gasteiger partial charge in [0, 0.05) is 10.9 Å². The highest BCUT2D eigenvalue weighted by molar-refractivity contribution is 5.96. The molecule has 5 nitrogen and oxygen atoms in total. The zero-order valence-corrected chi connectivity index (χ0v) is 14.0. The van der Waals surface area contributed by atoms with E-state index in [2.05, 4.69) is 4.98 Å². The van der Waals surface area contributed by atoms with E-state index < -0.39 is 18.0 Å². The van der Waals surface area contributed by atoms with Gasteiger partial charge in [-0.25, -0.2) is 4.79 Å². The largest absolute Gasteiger partial charge is 0.444 e. The lowest BCUT2D eigenvalue weighted by Gasteiger charge is -2.16. The van der Waals surface area contributed by atoms with Gasteiger partial charge in [0.2, 0.25) is 6.10 Å². The lowest BCUT2D eigenvalue weighted by molar-refractivity contribution is -0.127. The molecule has 0 aliphatic heterocycles. The molecule has 1 heterocycles. The molecule has 0 spiro atoms. The van der Waals surface area contributed by atoms with Crippen molar-refractivity contribution in [2.75, 3.05) is 0 Å². The molecule has 1 amide bonds. The molecule has 1 atom stereocenters. The van der Waals surface area contributed by atoms with Crippen molar-refractivity contribution < 1.29 is 14.3 Å². The number of aromatic nitrogens is 1. The van der Waals surface area contributed by atoms with Gasteiger partial charge in [-0.2, -0.15) is 0 Å². The summed E-state index contributed by atoms with van der Waals surface area (Å²) < 4.78 is 5.39. The van der Waals surface area contributed by atoms with Crippen LogP contribution in [0.4, 0.5) is 0 Å². The molecular weight excluding hydrogens is 316 g/mol. The molecule has 2 aromatic carbocycles. The molecule has 0 fully saturated rings. The molecule has 0 saturated carbocycles. The first-order chi connectivity index (χ1) is 12.0. The standard InChI is InChI=1S/C20H18N2O3/c1-12-8-9-17-15(10-12)11-16(13(2)22-17)20(24)25-18(19(21)23)14-6-4-3-5-7-14/h3-11,18H,1-2H3,(H2,21,23)/t18-/m0/s1. The fourth-order valence-electron chi connectivity index (χ4n) is 2.69. The number of esters is 1. The van der Waals surface area contributed by atoms with Gasteiger partial charge in [0.25, 0.3) is 5.91 Å². The van der Waals surface area contributed by atoms with Crippen LogP contribution in [0.15, 0.2) is 54.6 Å². The predicted molar refractivity (Wildman–Crippen MR) is 95.0 cm³/mol. The van der Waals surface area contributed by atoms with Crippen LogP contribution in [0.5, 0.6) is 0 Å². The quantitative estimate of drug-likeness (QED) is 0.743. The molecule has 0 aliphatic rings. The second-order valence-electron chi connectivity index (χ2n) is 5.92. The maximum absolute atomic E-state index is 12.6. The van der Waals surface area contributed by atoms with E-state index in [1.165, 1.54) is 0 Å². The average molecular weight is 334 g/mol. The lowest BCUT2D eigenvalue weighted by Crippen LogP contribution is -2.26. The Kier molecular flexibility index (Phi) is 4.48. The fraction of sp³-hybridized carbons (Fsp3) is 0.150. The fourth-order valence-corrected chi connectivity index (χ4v) is 2.69. The Bertz CT molecular complexity index is 952. The van der Waals surface area contributed by atoms with Gasteiger partial charge >= 0.3 is 5.97 Å². The van der Waals surface area contributed by atoms with Crippen molar-refractivity contribution >= 4 is 22.8 Å². The zero-order valence-electron chi connectivity index (χ0n) is 14.0. The van der Waals surface area contributed by atoms with Crippen molar-refractivity contribution in [3.05, 3.63) is 77.0 Å². The number of nitrogens with zero attached hydrogens (tertiary/aromatic N) is 1. The summed E-state index contributed by atoms with van der Waals surface area (Å²) in [6.45, 7) is 3.70. The predicted octanol–water partition coefficient (Wildman–Crippen LogP) is 3.24. The number of pyridine rings is 1. The molecule has 1 aromatic heterocycles. The zero-order chi connectivity index (χ0) is 18.0. The van der Waals surface area contributed by atoms with Crippen LogP contribution >= 0.6 is 0 Å². The summed E-state index contributed by atoms with van der Waals surface area (Å²) in [5, 5.41) is 0.841. The maximum Gasteiger partial charge on any atom is 0.341 e. The summed E-state index contributed by atoms with van der Waals surface area (Å²) in [6, 6.07) is 16.2. The van der Waals surface area contributed by atoms with E-state index in [1.54, 1.807) is 37.3 Å². The number of amides is 1. The minimum Gasteiger partial charge on any atom is -0.444 e. The summed E-state index contributed by atoms with van der Waals surface area (Å²) in [5.41, 5.74) is 8.67. The summed E-state index contributed by atoms with van der Waals surface area (Å²) in [6.07, 6.45) is -1.14. The summed E-state index contributed by atoms with van der Waals surface area (Å²) in [7, 11) is 0. The number of hydrogen-bond donors (Lipinski definition) is 1. The third kappa shape index (κ3) is 3.50. The normalized spacial score (nSPS) is 11.9. The first-order valence-corrected chi connectivity index (χ1v) is 7.89. The van der Waals surface area contributed by atoms with Gasteiger partial charge in [-0.3, -0.25) is 9.78 Å². The third-order valence-electron chi connectivity index (χ3n) is 3.97. The van der Waals surface area contributed by atoms with Crippen molar-refractivity contribution in [2.24, 2.45) is 5.73 Å². The molecule has 5 heteroatoms. The summed E-state index contributed by atoms with van der Waals surface area (Å²) in [5.74, 6) is -1.34. The number of aryl methyl sites for hydroxylation is 2. The van der Waals surface area contributed by atoms with Crippen LogP contribution in [0.25, 0.3) is 10.9 Å². The molecule has 126 valence electrons. The first kappa shape index (κ1) is 16.6. The van der Waals surface area contributed by atoms with Gasteiger partial charge in [0.05, 0.1) is 16.8 Å². The van der Waals surface area contributed by atoms with Crippen LogP contribution in [-0.2, 0) is 9.53 Å². The van der Waals surface area contributed by atoms with E-state index in [9.17, 15) is 9.59 Å². The number of carbonyl (C=O) groups is 2. The Morgan fingerprint density at radius 3 is 2.44 bits per heavy atom. The van der Waals surface area contributed by atoms with Gasteiger partial charge in [-0.15, -0.1) is 0 Å². The SMILES string of the molecule is Cc1ccc2nc(C)c(C(=O)O[C@H](C(N)=O)c3ccccc3)cc2c1. The molecule has 0 aliphatic carbocycles. The second kappa shape index (κ2) is 6.73. The number of nitrogens with two attached hydrogens (primary N) is 1. The highest BCUT2D eigenvalue weighted by Gasteiger charge is 2.24. The van der Waals surface area contributed by atoms with Crippen LogP contribution in [0, 0.1) is 13.8 Å². The lowest BCUT2D eigenvalue weighted by atomic mass is 10.1. The van der Waals surface area contributed by atoms with Gasteiger partial charge in [-0.1, -0.05) is 42.0 Å². The monoisotopic (exact) mass is 334 g/mol. The van der Waals surface area contributed by atoms with Gasteiger partial charge in [0.1, 0.15) is 0 Å². The number of primary amides is 1. The maximum atomic E-state index is 12.6. The molecule has 3 rings (SSSR count). The highest BCUT2D eigenvalue weighted by atomic mass is 16.5. The van der Waals surface area contributed by atoms with Gasteiger partial charge in [0.15, 0.2) is 0 Å². The Hall–Kier alpha value is -3.21. The number of hydrogen-bond acceptors (Lipinski definition) is 4. The topological polar surface area (TPSA) is 82.3 Å². The van der Waals surface area contributed by atoms with Crippen LogP contribution in [0.2, 0.25) is 0 Å². The van der Waals surface area contributed by atoms with E-state index in [0.717, 1.165) is 16.5 Å². The molecule has 0 saturated heterocycles. The smallest absolute Gasteiger partial charge is 0.341 e. The molecule has 2 N–H and O–H groups in total. The Balaban J connectivity index is 1.95. The molecule has 25 heavy (non-hydrogen) atoms. The minimum atomic E-state index is -1.14. The van der Waals surface area contributed by atoms with Crippen molar-refractivity contribution in [3.63, 3.8) is 0 Å². The second-order valence-corrected chi connectivity index (χ2v) is 5.92. The Labute approximate surface area is 145 Å². The van der Waals surface area contributed by atoms with Crippen LogP contribution in [0.3, 0.4) is 0 Å². The Morgan fingerprint density at radius 1 is 1.04 bits per heavy atom. The third-order valence-corrected chi connectivity index (χ3v) is 3.97. The summed E-state index contributed by atoms with van der Waals surface area (Å²) in [4.78, 5) is 28.8. The number of carbonyl (C=O) groups excluding carboxylic acids is 2. The van der Waals surface area contributed by atoms with Gasteiger partial charge in [-0.05, 0) is 32.0 Å². The molecule has 3 aromatic rings. The number of ether oxygens (including phenoxy) is 1. The van der Waals surface area contributed by atoms with E-state index >= 15 is 0 Å². The Morgan fingerprint density at radius 2 is 1.76 bits per heavy atom. The first-order valence-electron chi connectivity index (χ1n) is 7.89. The van der Waals surface area contributed by atoms with Crippen molar-refractivity contribution in [3.8, 4) is 0 Å². The van der Waals surface area contributed by atoms with Gasteiger partial charge < -0.3 is 10.5 Å². The van der Waals surface area contributed by atoms with Crippen LogP contribution in [0.1, 0.15) is 33.3 Å². The van der Waals surface area contributed by atoms with E-state index in [0.29, 0.717) is 16.8 Å². The van der Waals surface area contributed by atoms with Crippen molar-refractivity contribution in [1.82, 2.24) is 4.98 Å². The molecule has 0 bridgehead atoms. The molecule has 0 unspecified atom stereocenters.